The summed E-state index contributed by atoms with van der Waals surface area (Å²) < 4.78 is 0. The van der Waals surface area contributed by atoms with Gasteiger partial charge in [-0.3, -0.25) is 9.59 Å². The number of nitrogen functional groups attached to an aromatic ring is 1. The fourth-order valence-corrected chi connectivity index (χ4v) is 2.38. The Hall–Kier alpha value is -2.82. The van der Waals surface area contributed by atoms with Crippen molar-refractivity contribution in [2.75, 3.05) is 18.8 Å². The van der Waals surface area contributed by atoms with E-state index in [1.54, 1.807) is 41.3 Å². The van der Waals surface area contributed by atoms with E-state index in [-0.39, 0.29) is 11.8 Å². The van der Waals surface area contributed by atoms with E-state index in [2.05, 4.69) is 5.32 Å². The Morgan fingerprint density at radius 1 is 0.917 bits per heavy atom. The van der Waals surface area contributed by atoms with Gasteiger partial charge in [0.2, 0.25) is 0 Å². The van der Waals surface area contributed by atoms with E-state index in [0.717, 1.165) is 5.56 Å². The molecule has 2 amide bonds. The number of benzene rings is 2. The van der Waals surface area contributed by atoms with Crippen LogP contribution in [0.1, 0.15) is 40.1 Å². The lowest BCUT2D eigenvalue weighted by molar-refractivity contribution is 0.0772. The lowest BCUT2D eigenvalue weighted by Crippen LogP contribution is -2.30. The Labute approximate surface area is 142 Å². The van der Waals surface area contributed by atoms with E-state index >= 15 is 0 Å². The smallest absolute Gasteiger partial charge is 0.253 e. The minimum absolute atomic E-state index is 0.0254. The molecule has 5 heteroatoms. The molecule has 0 bridgehead atoms. The van der Waals surface area contributed by atoms with Crippen LogP contribution in [0.2, 0.25) is 0 Å². The van der Waals surface area contributed by atoms with Gasteiger partial charge in [0, 0.05) is 36.4 Å². The van der Waals surface area contributed by atoms with Crippen LogP contribution in [0.3, 0.4) is 0 Å². The average molecular weight is 325 g/mol. The van der Waals surface area contributed by atoms with E-state index in [4.69, 9.17) is 5.73 Å². The van der Waals surface area contributed by atoms with Gasteiger partial charge in [0.15, 0.2) is 0 Å². The molecule has 0 heterocycles. The molecular formula is C19H23N3O2. The standard InChI is InChI=1S/C19H23N3O2/c1-3-22(4-2)19(24)16-7-5-14(6-8-16)13-21-18(23)15-9-11-17(20)12-10-15/h5-12H,3-4,13,20H2,1-2H3,(H,21,23). The number of carbonyl (C=O) groups is 2. The number of nitrogens with two attached hydrogens (primary N) is 1. The summed E-state index contributed by atoms with van der Waals surface area (Å²) in [5.41, 5.74) is 8.40. The van der Waals surface area contributed by atoms with Crippen LogP contribution in [0, 0.1) is 0 Å². The van der Waals surface area contributed by atoms with Gasteiger partial charge >= 0.3 is 0 Å². The second kappa shape index (κ2) is 8.15. The van der Waals surface area contributed by atoms with E-state index in [1.165, 1.54) is 0 Å². The highest BCUT2D eigenvalue weighted by Gasteiger charge is 2.12. The lowest BCUT2D eigenvalue weighted by atomic mass is 10.1. The summed E-state index contributed by atoms with van der Waals surface area (Å²) in [7, 11) is 0. The Morgan fingerprint density at radius 2 is 1.46 bits per heavy atom. The molecule has 0 saturated carbocycles. The molecule has 0 spiro atoms. The first-order chi connectivity index (χ1) is 11.5. The van der Waals surface area contributed by atoms with Crippen LogP contribution in [-0.2, 0) is 6.54 Å². The predicted molar refractivity (Wildman–Crippen MR) is 95.7 cm³/mol. The number of anilines is 1. The van der Waals surface area contributed by atoms with Gasteiger partial charge in [-0.05, 0) is 55.8 Å². The molecule has 0 aromatic heterocycles. The predicted octanol–water partition coefficient (Wildman–Crippen LogP) is 2.68. The molecular weight excluding hydrogens is 302 g/mol. The maximum atomic E-state index is 12.2. The fourth-order valence-electron chi connectivity index (χ4n) is 2.38. The van der Waals surface area contributed by atoms with Gasteiger partial charge in [-0.15, -0.1) is 0 Å². The van der Waals surface area contributed by atoms with Crippen LogP contribution >= 0.6 is 0 Å². The van der Waals surface area contributed by atoms with Crippen LogP contribution in [-0.4, -0.2) is 29.8 Å². The van der Waals surface area contributed by atoms with Gasteiger partial charge in [0.1, 0.15) is 0 Å². The molecule has 5 nitrogen and oxygen atoms in total. The summed E-state index contributed by atoms with van der Waals surface area (Å²) in [6.07, 6.45) is 0. The minimum Gasteiger partial charge on any atom is -0.399 e. The highest BCUT2D eigenvalue weighted by Crippen LogP contribution is 2.09. The quantitative estimate of drug-likeness (QED) is 0.802. The first kappa shape index (κ1) is 17.5. The molecule has 24 heavy (non-hydrogen) atoms. The Balaban J connectivity index is 1.95. The van der Waals surface area contributed by atoms with Crippen molar-refractivity contribution < 1.29 is 9.59 Å². The Morgan fingerprint density at radius 3 is 2.00 bits per heavy atom. The molecule has 3 N–H and O–H groups in total. The lowest BCUT2D eigenvalue weighted by Gasteiger charge is -2.18. The van der Waals surface area contributed by atoms with Gasteiger partial charge in [-0.1, -0.05) is 12.1 Å². The molecule has 126 valence electrons. The number of amides is 2. The van der Waals surface area contributed by atoms with Crippen LogP contribution in [0.5, 0.6) is 0 Å². The third-order valence-corrected chi connectivity index (χ3v) is 3.88. The normalized spacial score (nSPS) is 10.2. The molecule has 2 aromatic rings. The first-order valence-electron chi connectivity index (χ1n) is 8.07. The zero-order valence-electron chi connectivity index (χ0n) is 14.1. The van der Waals surface area contributed by atoms with E-state index < -0.39 is 0 Å². The average Bonchev–Trinajstić information content (AvgIpc) is 2.61. The number of hydrogen-bond acceptors (Lipinski definition) is 3. The van der Waals surface area contributed by atoms with Crippen LogP contribution < -0.4 is 11.1 Å². The third-order valence-electron chi connectivity index (χ3n) is 3.88. The number of nitrogens with zero attached hydrogens (tertiary/aromatic N) is 1. The maximum absolute atomic E-state index is 12.2. The largest absolute Gasteiger partial charge is 0.399 e. The van der Waals surface area contributed by atoms with Gasteiger partial charge in [0.05, 0.1) is 0 Å². The number of carbonyl (C=O) groups excluding carboxylic acids is 2. The second-order valence-electron chi connectivity index (χ2n) is 5.48. The van der Waals surface area contributed by atoms with Gasteiger partial charge in [0.25, 0.3) is 11.8 Å². The van der Waals surface area contributed by atoms with Crippen molar-refractivity contribution >= 4 is 17.5 Å². The molecule has 0 atom stereocenters. The van der Waals surface area contributed by atoms with E-state index in [1.807, 2.05) is 26.0 Å². The molecule has 2 rings (SSSR count). The Bertz CT molecular complexity index is 690. The number of hydrogen-bond donors (Lipinski definition) is 2. The topological polar surface area (TPSA) is 75.4 Å². The fraction of sp³-hybridized carbons (Fsp3) is 0.263. The van der Waals surface area contributed by atoms with Crippen LogP contribution in [0.25, 0.3) is 0 Å². The van der Waals surface area contributed by atoms with Crippen molar-refractivity contribution in [3.63, 3.8) is 0 Å². The van der Waals surface area contributed by atoms with Gasteiger partial charge in [-0.2, -0.15) is 0 Å². The highest BCUT2D eigenvalue weighted by molar-refractivity contribution is 5.95. The molecule has 0 aliphatic rings. The molecule has 0 aliphatic heterocycles. The molecule has 0 unspecified atom stereocenters. The summed E-state index contributed by atoms with van der Waals surface area (Å²) in [6.45, 7) is 5.71. The highest BCUT2D eigenvalue weighted by atomic mass is 16.2. The number of rotatable bonds is 6. The molecule has 0 fully saturated rings. The number of nitrogens with one attached hydrogen (secondary N) is 1. The maximum Gasteiger partial charge on any atom is 0.253 e. The summed E-state index contributed by atoms with van der Waals surface area (Å²) in [6, 6.07) is 14.1. The molecule has 0 saturated heterocycles. The zero-order valence-corrected chi connectivity index (χ0v) is 14.1. The van der Waals surface area contributed by atoms with Crippen LogP contribution in [0.4, 0.5) is 5.69 Å². The summed E-state index contributed by atoms with van der Waals surface area (Å²) in [5.74, 6) is -0.129. The van der Waals surface area contributed by atoms with Crippen molar-refractivity contribution in [1.29, 1.82) is 0 Å². The van der Waals surface area contributed by atoms with E-state index in [9.17, 15) is 9.59 Å². The third kappa shape index (κ3) is 4.35. The van der Waals surface area contributed by atoms with Gasteiger partial charge in [-0.25, -0.2) is 0 Å². The second-order valence-corrected chi connectivity index (χ2v) is 5.48. The summed E-state index contributed by atoms with van der Waals surface area (Å²) in [4.78, 5) is 26.1. The van der Waals surface area contributed by atoms with Gasteiger partial charge < -0.3 is 16.0 Å². The monoisotopic (exact) mass is 325 g/mol. The summed E-state index contributed by atoms with van der Waals surface area (Å²) >= 11 is 0. The van der Waals surface area contributed by atoms with E-state index in [0.29, 0.717) is 36.4 Å². The molecule has 0 aliphatic carbocycles. The molecule has 0 radical (unpaired) electrons. The van der Waals surface area contributed by atoms with Crippen molar-refractivity contribution in [1.82, 2.24) is 10.2 Å². The first-order valence-corrected chi connectivity index (χ1v) is 8.07. The van der Waals surface area contributed by atoms with Crippen molar-refractivity contribution in [2.45, 2.75) is 20.4 Å². The van der Waals surface area contributed by atoms with Crippen molar-refractivity contribution in [2.24, 2.45) is 0 Å². The summed E-state index contributed by atoms with van der Waals surface area (Å²) in [5, 5.41) is 2.85. The van der Waals surface area contributed by atoms with Crippen molar-refractivity contribution in [3.05, 3.63) is 65.2 Å². The van der Waals surface area contributed by atoms with Crippen molar-refractivity contribution in [3.8, 4) is 0 Å². The van der Waals surface area contributed by atoms with Crippen LogP contribution in [0.15, 0.2) is 48.5 Å². The molecule has 2 aromatic carbocycles. The Kier molecular flexibility index (Phi) is 5.95. The minimum atomic E-state index is -0.154. The zero-order chi connectivity index (χ0) is 17.5. The SMILES string of the molecule is CCN(CC)C(=O)c1ccc(CNC(=O)c2ccc(N)cc2)cc1.